The Balaban J connectivity index is 1.48. The third-order valence-electron chi connectivity index (χ3n) is 4.90. The molecule has 0 aliphatic carbocycles. The van der Waals surface area contributed by atoms with Crippen LogP contribution in [0.5, 0.6) is 0 Å². The molecule has 0 atom stereocenters. The van der Waals surface area contributed by atoms with Gasteiger partial charge in [0.25, 0.3) is 0 Å². The summed E-state index contributed by atoms with van der Waals surface area (Å²) in [5.41, 5.74) is 3.12. The summed E-state index contributed by atoms with van der Waals surface area (Å²) >= 11 is 0. The first kappa shape index (κ1) is 18.6. The van der Waals surface area contributed by atoms with Crippen molar-refractivity contribution >= 4 is 0 Å². The van der Waals surface area contributed by atoms with Gasteiger partial charge in [-0.2, -0.15) is 18.3 Å². The molecule has 5 nitrogen and oxygen atoms in total. The van der Waals surface area contributed by atoms with Crippen LogP contribution in [0.25, 0.3) is 11.4 Å². The van der Waals surface area contributed by atoms with Crippen molar-refractivity contribution in [2.24, 2.45) is 0 Å². The summed E-state index contributed by atoms with van der Waals surface area (Å²) in [5.74, 6) is 0.463. The molecule has 0 bridgehead atoms. The normalized spacial score (nSPS) is 14.9. The van der Waals surface area contributed by atoms with Gasteiger partial charge in [0.1, 0.15) is 0 Å². The Bertz CT molecular complexity index is 963. The number of alkyl halides is 3. The minimum absolute atomic E-state index is 0.463. The molecule has 0 radical (unpaired) electrons. The van der Waals surface area contributed by atoms with Gasteiger partial charge in [0.05, 0.1) is 17.5 Å². The zero-order chi connectivity index (χ0) is 19.7. The van der Waals surface area contributed by atoms with Gasteiger partial charge in [0.2, 0.25) is 0 Å². The molecule has 0 unspecified atom stereocenters. The maximum absolute atomic E-state index is 12.7. The lowest BCUT2D eigenvalue weighted by molar-refractivity contribution is -0.137. The van der Waals surface area contributed by atoms with E-state index in [-0.39, 0.29) is 0 Å². The van der Waals surface area contributed by atoms with Crippen LogP contribution in [0.15, 0.2) is 42.9 Å². The maximum Gasteiger partial charge on any atom is 0.416 e. The Morgan fingerprint density at radius 2 is 1.89 bits per heavy atom. The molecule has 28 heavy (non-hydrogen) atoms. The number of aromatic nitrogens is 4. The Hall–Kier alpha value is -2.74. The molecular weight excluding hydrogens is 367 g/mol. The molecule has 3 heterocycles. The summed E-state index contributed by atoms with van der Waals surface area (Å²) in [7, 11) is 0. The van der Waals surface area contributed by atoms with Crippen molar-refractivity contribution in [3.8, 4) is 11.4 Å². The highest BCUT2D eigenvalue weighted by Gasteiger charge is 2.30. The molecular formula is C20H20F3N5. The number of aryl methyl sites for hydroxylation is 1. The van der Waals surface area contributed by atoms with Crippen molar-refractivity contribution in [1.29, 1.82) is 0 Å². The second-order valence-corrected chi connectivity index (χ2v) is 6.91. The van der Waals surface area contributed by atoms with Crippen LogP contribution in [0.2, 0.25) is 0 Å². The third kappa shape index (κ3) is 3.91. The maximum atomic E-state index is 12.7. The summed E-state index contributed by atoms with van der Waals surface area (Å²) < 4.78 is 40.1. The third-order valence-corrected chi connectivity index (χ3v) is 4.90. The molecule has 0 saturated carbocycles. The quantitative estimate of drug-likeness (QED) is 0.680. The molecule has 1 aliphatic heterocycles. The lowest BCUT2D eigenvalue weighted by Gasteiger charge is -2.27. The lowest BCUT2D eigenvalue weighted by Crippen LogP contribution is -2.30. The van der Waals surface area contributed by atoms with Crippen molar-refractivity contribution in [3.05, 3.63) is 65.2 Å². The predicted octanol–water partition coefficient (Wildman–Crippen LogP) is 3.94. The van der Waals surface area contributed by atoms with Crippen LogP contribution < -0.4 is 0 Å². The fourth-order valence-corrected chi connectivity index (χ4v) is 3.38. The molecule has 2 aromatic heterocycles. The molecule has 3 aromatic rings. The summed E-state index contributed by atoms with van der Waals surface area (Å²) in [4.78, 5) is 11.3. The van der Waals surface area contributed by atoms with Crippen LogP contribution in [0.1, 0.15) is 29.3 Å². The number of hydrogen-bond donors (Lipinski definition) is 0. The van der Waals surface area contributed by atoms with Crippen molar-refractivity contribution < 1.29 is 13.2 Å². The van der Waals surface area contributed by atoms with E-state index in [9.17, 15) is 13.2 Å². The Kier molecular flexibility index (Phi) is 4.89. The molecule has 0 amide bonds. The average Bonchev–Trinajstić information content (AvgIpc) is 3.14. The minimum Gasteiger partial charge on any atom is -0.294 e. The molecule has 4 rings (SSSR count). The average molecular weight is 387 g/mol. The second-order valence-electron chi connectivity index (χ2n) is 6.91. The van der Waals surface area contributed by atoms with Crippen molar-refractivity contribution in [1.82, 2.24) is 24.6 Å². The van der Waals surface area contributed by atoms with Gasteiger partial charge in [-0.15, -0.1) is 0 Å². The van der Waals surface area contributed by atoms with Crippen LogP contribution in [-0.4, -0.2) is 31.2 Å². The van der Waals surface area contributed by atoms with E-state index in [4.69, 9.17) is 0 Å². The first-order chi connectivity index (χ1) is 13.4. The smallest absolute Gasteiger partial charge is 0.294 e. The van der Waals surface area contributed by atoms with E-state index in [1.807, 2.05) is 10.9 Å². The Labute approximate surface area is 160 Å². The first-order valence-electron chi connectivity index (χ1n) is 9.18. The van der Waals surface area contributed by atoms with E-state index in [1.165, 1.54) is 17.7 Å². The molecule has 1 aromatic carbocycles. The van der Waals surface area contributed by atoms with E-state index in [1.54, 1.807) is 6.20 Å². The van der Waals surface area contributed by atoms with E-state index in [0.29, 0.717) is 11.4 Å². The molecule has 146 valence electrons. The molecule has 0 N–H and O–H groups in total. The zero-order valence-electron chi connectivity index (χ0n) is 15.4. The van der Waals surface area contributed by atoms with E-state index >= 15 is 0 Å². The summed E-state index contributed by atoms with van der Waals surface area (Å²) in [6.07, 6.45) is 2.18. The lowest BCUT2D eigenvalue weighted by atomic mass is 10.1. The second kappa shape index (κ2) is 7.35. The number of halogens is 3. The fourth-order valence-electron chi connectivity index (χ4n) is 3.38. The van der Waals surface area contributed by atoms with Gasteiger partial charge in [-0.05, 0) is 19.1 Å². The highest BCUT2D eigenvalue weighted by atomic mass is 19.4. The molecule has 0 spiro atoms. The largest absolute Gasteiger partial charge is 0.416 e. The fraction of sp³-hybridized carbons (Fsp3) is 0.350. The van der Waals surface area contributed by atoms with Gasteiger partial charge in [-0.3, -0.25) is 9.58 Å². The van der Waals surface area contributed by atoms with Crippen LogP contribution in [0, 0.1) is 0 Å². The standard InChI is InChI=1S/C20H20F3N5/c1-2-28-12-14(9-25-28)11-27-8-7-18-16(13-27)10-24-19(26-18)15-3-5-17(6-4-15)20(21,22)23/h3-6,9-10,12H,2,7-8,11,13H2,1H3. The zero-order valence-corrected chi connectivity index (χ0v) is 15.4. The summed E-state index contributed by atoms with van der Waals surface area (Å²) in [6, 6.07) is 4.98. The van der Waals surface area contributed by atoms with Crippen LogP contribution in [0.3, 0.4) is 0 Å². The number of fused-ring (bicyclic) bond motifs is 1. The number of benzene rings is 1. The highest BCUT2D eigenvalue weighted by molar-refractivity contribution is 5.56. The minimum atomic E-state index is -4.34. The number of nitrogens with zero attached hydrogens (tertiary/aromatic N) is 5. The highest BCUT2D eigenvalue weighted by Crippen LogP contribution is 2.30. The van der Waals surface area contributed by atoms with E-state index in [0.717, 1.165) is 56.0 Å². The molecule has 1 aliphatic rings. The molecule has 0 saturated heterocycles. The van der Waals surface area contributed by atoms with Gasteiger partial charge in [0, 0.05) is 61.7 Å². The van der Waals surface area contributed by atoms with Gasteiger partial charge in [-0.1, -0.05) is 12.1 Å². The van der Waals surface area contributed by atoms with Gasteiger partial charge in [-0.25, -0.2) is 9.97 Å². The van der Waals surface area contributed by atoms with Crippen molar-refractivity contribution in [2.45, 2.75) is 39.2 Å². The van der Waals surface area contributed by atoms with E-state index in [2.05, 4.69) is 33.1 Å². The van der Waals surface area contributed by atoms with Gasteiger partial charge >= 0.3 is 6.18 Å². The monoisotopic (exact) mass is 387 g/mol. The van der Waals surface area contributed by atoms with Gasteiger partial charge in [0.15, 0.2) is 5.82 Å². The Morgan fingerprint density at radius 3 is 2.57 bits per heavy atom. The van der Waals surface area contributed by atoms with Crippen LogP contribution in [0.4, 0.5) is 13.2 Å². The van der Waals surface area contributed by atoms with Crippen LogP contribution in [-0.2, 0) is 32.2 Å². The first-order valence-corrected chi connectivity index (χ1v) is 9.18. The van der Waals surface area contributed by atoms with Crippen LogP contribution >= 0.6 is 0 Å². The van der Waals surface area contributed by atoms with Gasteiger partial charge < -0.3 is 0 Å². The molecule has 8 heteroatoms. The van der Waals surface area contributed by atoms with Crippen molar-refractivity contribution in [3.63, 3.8) is 0 Å². The Morgan fingerprint density at radius 1 is 1.11 bits per heavy atom. The topological polar surface area (TPSA) is 46.8 Å². The van der Waals surface area contributed by atoms with E-state index < -0.39 is 11.7 Å². The summed E-state index contributed by atoms with van der Waals surface area (Å²) in [6.45, 7) is 5.34. The number of hydrogen-bond acceptors (Lipinski definition) is 4. The van der Waals surface area contributed by atoms with Crippen molar-refractivity contribution in [2.75, 3.05) is 6.54 Å². The predicted molar refractivity (Wildman–Crippen MR) is 98.2 cm³/mol. The SMILES string of the molecule is CCn1cc(CN2CCc3nc(-c4ccc(C(F)(F)F)cc4)ncc3C2)cn1. The molecule has 0 fully saturated rings. The summed E-state index contributed by atoms with van der Waals surface area (Å²) in [5, 5.41) is 4.31. The number of rotatable bonds is 4.